The normalized spacial score (nSPS) is 21.9. The fraction of sp³-hybridized carbons (Fsp3) is 0.800. The second-order valence-corrected chi connectivity index (χ2v) is 4.52. The summed E-state index contributed by atoms with van der Waals surface area (Å²) < 4.78 is 38.9. The summed E-state index contributed by atoms with van der Waals surface area (Å²) in [6.07, 6.45) is -4.47. The zero-order chi connectivity index (χ0) is 12.8. The van der Waals surface area contributed by atoms with Gasteiger partial charge in [0.2, 0.25) is 0 Å². The minimum absolute atomic E-state index is 0.132. The molecule has 4 nitrogen and oxygen atoms in total. The first-order valence-electron chi connectivity index (χ1n) is 5.58. The van der Waals surface area contributed by atoms with Crippen LogP contribution in [0.15, 0.2) is 0 Å². The monoisotopic (exact) mass is 248 g/mol. The van der Waals surface area contributed by atoms with Gasteiger partial charge in [-0.15, -0.1) is 5.10 Å². The maximum atomic E-state index is 12.5. The lowest BCUT2D eigenvalue weighted by molar-refractivity contribution is -0.145. The largest absolute Gasteiger partial charge is 0.453 e. The SMILES string of the molecule is CC(C)N1CCn2nc(C(F)(F)F)nc2C1C. The quantitative estimate of drug-likeness (QED) is 0.763. The molecule has 0 aromatic carbocycles. The first-order valence-corrected chi connectivity index (χ1v) is 5.58. The summed E-state index contributed by atoms with van der Waals surface area (Å²) in [6, 6.07) is 0.150. The van der Waals surface area contributed by atoms with Crippen molar-refractivity contribution in [2.45, 2.75) is 45.6 Å². The number of aromatic nitrogens is 3. The maximum Gasteiger partial charge on any atom is 0.453 e. The molecule has 0 amide bonds. The van der Waals surface area contributed by atoms with Crippen LogP contribution in [0.1, 0.15) is 38.5 Å². The van der Waals surface area contributed by atoms with Crippen LogP contribution in [0.2, 0.25) is 0 Å². The Morgan fingerprint density at radius 2 is 1.94 bits per heavy atom. The average molecular weight is 248 g/mol. The van der Waals surface area contributed by atoms with Gasteiger partial charge in [-0.05, 0) is 20.8 Å². The molecule has 7 heteroatoms. The van der Waals surface area contributed by atoms with E-state index in [0.717, 1.165) is 0 Å². The van der Waals surface area contributed by atoms with Crippen LogP contribution >= 0.6 is 0 Å². The number of hydrogen-bond acceptors (Lipinski definition) is 3. The third-order valence-electron chi connectivity index (χ3n) is 3.06. The number of hydrogen-bond donors (Lipinski definition) is 0. The summed E-state index contributed by atoms with van der Waals surface area (Å²) in [4.78, 5) is 5.74. The van der Waals surface area contributed by atoms with E-state index in [9.17, 15) is 13.2 Å². The van der Waals surface area contributed by atoms with Gasteiger partial charge in [0, 0.05) is 12.6 Å². The molecule has 96 valence electrons. The molecule has 1 aliphatic heterocycles. The number of alkyl halides is 3. The third-order valence-corrected chi connectivity index (χ3v) is 3.06. The molecule has 1 aromatic rings. The van der Waals surface area contributed by atoms with Gasteiger partial charge in [-0.1, -0.05) is 0 Å². The van der Waals surface area contributed by atoms with E-state index in [1.54, 1.807) is 0 Å². The standard InChI is InChI=1S/C10H15F3N4/c1-6(2)16-4-5-17-8(7(16)3)14-9(15-17)10(11,12)13/h6-7H,4-5H2,1-3H3. The molecule has 2 heterocycles. The molecule has 1 aromatic heterocycles. The summed E-state index contributed by atoms with van der Waals surface area (Å²) in [5.74, 6) is -0.637. The Balaban J connectivity index is 2.34. The van der Waals surface area contributed by atoms with Gasteiger partial charge in [-0.2, -0.15) is 13.2 Å². The first kappa shape index (κ1) is 12.3. The van der Waals surface area contributed by atoms with Crippen molar-refractivity contribution in [3.05, 3.63) is 11.6 Å². The van der Waals surface area contributed by atoms with Crippen molar-refractivity contribution in [1.82, 2.24) is 19.7 Å². The van der Waals surface area contributed by atoms with Crippen LogP contribution in [0.4, 0.5) is 13.2 Å². The van der Waals surface area contributed by atoms with Crippen LogP contribution in [-0.4, -0.2) is 32.3 Å². The van der Waals surface area contributed by atoms with Crippen LogP contribution in [0, 0.1) is 0 Å². The lowest BCUT2D eigenvalue weighted by Gasteiger charge is -2.35. The lowest BCUT2D eigenvalue weighted by atomic mass is 10.1. The van der Waals surface area contributed by atoms with E-state index in [4.69, 9.17) is 0 Å². The molecule has 0 saturated carbocycles. The molecule has 0 spiro atoms. The molecule has 0 radical (unpaired) electrons. The second-order valence-electron chi connectivity index (χ2n) is 4.52. The molecule has 1 unspecified atom stereocenters. The van der Waals surface area contributed by atoms with Gasteiger partial charge in [0.15, 0.2) is 0 Å². The molecule has 2 rings (SSSR count). The Morgan fingerprint density at radius 1 is 1.29 bits per heavy atom. The van der Waals surface area contributed by atoms with E-state index in [2.05, 4.69) is 15.0 Å². The van der Waals surface area contributed by atoms with E-state index in [-0.39, 0.29) is 12.1 Å². The van der Waals surface area contributed by atoms with Crippen molar-refractivity contribution in [1.29, 1.82) is 0 Å². The molecule has 0 N–H and O–H groups in total. The summed E-state index contributed by atoms with van der Waals surface area (Å²) in [5, 5.41) is 3.52. The molecular weight excluding hydrogens is 233 g/mol. The van der Waals surface area contributed by atoms with Crippen LogP contribution in [0.3, 0.4) is 0 Å². The zero-order valence-electron chi connectivity index (χ0n) is 9.99. The molecule has 0 saturated heterocycles. The molecule has 0 aliphatic carbocycles. The number of nitrogens with zero attached hydrogens (tertiary/aromatic N) is 4. The van der Waals surface area contributed by atoms with Gasteiger partial charge in [-0.3, -0.25) is 4.90 Å². The second kappa shape index (κ2) is 3.97. The van der Waals surface area contributed by atoms with Crippen LogP contribution in [0.25, 0.3) is 0 Å². The highest BCUT2D eigenvalue weighted by Crippen LogP contribution is 2.30. The predicted octanol–water partition coefficient (Wildman–Crippen LogP) is 2.08. The van der Waals surface area contributed by atoms with Gasteiger partial charge in [0.1, 0.15) is 5.82 Å². The van der Waals surface area contributed by atoms with Gasteiger partial charge >= 0.3 is 6.18 Å². The highest BCUT2D eigenvalue weighted by Gasteiger charge is 2.39. The van der Waals surface area contributed by atoms with Crippen LogP contribution in [0.5, 0.6) is 0 Å². The molecule has 0 fully saturated rings. The minimum atomic E-state index is -4.47. The van der Waals surface area contributed by atoms with Gasteiger partial charge in [0.25, 0.3) is 5.82 Å². The number of rotatable bonds is 1. The molecule has 1 atom stereocenters. The molecule has 17 heavy (non-hydrogen) atoms. The van der Waals surface area contributed by atoms with Gasteiger partial charge in [0.05, 0.1) is 12.6 Å². The van der Waals surface area contributed by atoms with Crippen molar-refractivity contribution in [2.24, 2.45) is 0 Å². The topological polar surface area (TPSA) is 34.0 Å². The summed E-state index contributed by atoms with van der Waals surface area (Å²) >= 11 is 0. The Kier molecular flexibility index (Phi) is 2.89. The van der Waals surface area contributed by atoms with Crippen molar-refractivity contribution in [3.8, 4) is 0 Å². The van der Waals surface area contributed by atoms with Crippen molar-refractivity contribution < 1.29 is 13.2 Å². The molecule has 0 bridgehead atoms. The summed E-state index contributed by atoms with van der Waals surface area (Å²) in [7, 11) is 0. The van der Waals surface area contributed by atoms with E-state index in [1.807, 2.05) is 20.8 Å². The van der Waals surface area contributed by atoms with Crippen molar-refractivity contribution in [2.75, 3.05) is 6.54 Å². The Morgan fingerprint density at radius 3 is 2.47 bits per heavy atom. The zero-order valence-corrected chi connectivity index (χ0v) is 9.99. The highest BCUT2D eigenvalue weighted by molar-refractivity contribution is 5.04. The van der Waals surface area contributed by atoms with Crippen molar-refractivity contribution >= 4 is 0 Å². The Bertz CT molecular complexity index is 410. The Labute approximate surface area is 97.4 Å². The molecule has 1 aliphatic rings. The predicted molar refractivity (Wildman–Crippen MR) is 55.3 cm³/mol. The fourth-order valence-electron chi connectivity index (χ4n) is 2.21. The first-order chi connectivity index (χ1) is 7.80. The van der Waals surface area contributed by atoms with E-state index in [1.165, 1.54) is 4.68 Å². The lowest BCUT2D eigenvalue weighted by Crippen LogP contribution is -2.41. The summed E-state index contributed by atoms with van der Waals surface area (Å²) in [5.41, 5.74) is 0. The Hall–Kier alpha value is -1.11. The van der Waals surface area contributed by atoms with E-state index in [0.29, 0.717) is 18.9 Å². The minimum Gasteiger partial charge on any atom is -0.289 e. The van der Waals surface area contributed by atoms with Crippen molar-refractivity contribution in [3.63, 3.8) is 0 Å². The maximum absolute atomic E-state index is 12.5. The highest BCUT2D eigenvalue weighted by atomic mass is 19.4. The van der Waals surface area contributed by atoms with Gasteiger partial charge < -0.3 is 0 Å². The molecular formula is C10H15F3N4. The summed E-state index contributed by atoms with van der Waals surface area (Å²) in [6.45, 7) is 7.06. The number of fused-ring (bicyclic) bond motifs is 1. The van der Waals surface area contributed by atoms with Crippen LogP contribution in [-0.2, 0) is 12.7 Å². The fourth-order valence-corrected chi connectivity index (χ4v) is 2.21. The number of halogens is 3. The van der Waals surface area contributed by atoms with E-state index >= 15 is 0 Å². The van der Waals surface area contributed by atoms with Crippen LogP contribution < -0.4 is 0 Å². The van der Waals surface area contributed by atoms with Gasteiger partial charge in [-0.25, -0.2) is 9.67 Å². The third kappa shape index (κ3) is 2.15. The average Bonchev–Trinajstić information content (AvgIpc) is 2.61. The van der Waals surface area contributed by atoms with E-state index < -0.39 is 12.0 Å². The smallest absolute Gasteiger partial charge is 0.289 e.